The van der Waals surface area contributed by atoms with Gasteiger partial charge in [-0.2, -0.15) is 0 Å². The third kappa shape index (κ3) is 2.42. The summed E-state index contributed by atoms with van der Waals surface area (Å²) < 4.78 is 28.2. The topological polar surface area (TPSA) is 69.4 Å². The molecule has 1 unspecified atom stereocenters. The van der Waals surface area contributed by atoms with E-state index in [0.717, 1.165) is 0 Å². The molecule has 0 aromatic heterocycles. The summed E-state index contributed by atoms with van der Waals surface area (Å²) in [5.41, 5.74) is 5.36. The Morgan fingerprint density at radius 1 is 1.47 bits per heavy atom. The molecule has 0 radical (unpaired) electrons. The number of sulfone groups is 1. The van der Waals surface area contributed by atoms with Crippen molar-refractivity contribution in [3.05, 3.63) is 23.2 Å². The lowest BCUT2D eigenvalue weighted by Gasteiger charge is -2.09. The predicted molar refractivity (Wildman–Crippen MR) is 58.8 cm³/mol. The highest BCUT2D eigenvalue weighted by Gasteiger charge is 2.20. The van der Waals surface area contributed by atoms with Gasteiger partial charge in [-0.1, -0.05) is 11.6 Å². The summed E-state index contributed by atoms with van der Waals surface area (Å²) in [5, 5.41) is -0.707. The van der Waals surface area contributed by atoms with Gasteiger partial charge in [0.1, 0.15) is 11.1 Å². The van der Waals surface area contributed by atoms with Crippen molar-refractivity contribution in [3.8, 4) is 5.75 Å². The van der Waals surface area contributed by atoms with Crippen LogP contribution in [0.4, 0.5) is 0 Å². The second-order valence-corrected chi connectivity index (χ2v) is 5.76. The van der Waals surface area contributed by atoms with Crippen LogP contribution in [0.1, 0.15) is 6.92 Å². The van der Waals surface area contributed by atoms with Crippen LogP contribution in [0.15, 0.2) is 23.1 Å². The fraction of sp³-hybridized carbons (Fsp3) is 0.333. The van der Waals surface area contributed by atoms with Crippen LogP contribution in [-0.2, 0) is 9.84 Å². The van der Waals surface area contributed by atoms with Crippen molar-refractivity contribution >= 4 is 21.4 Å². The molecular weight excluding hydrogens is 238 g/mol. The Balaban J connectivity index is 3.25. The molecule has 0 spiro atoms. The minimum absolute atomic E-state index is 0.100. The number of halogens is 1. The van der Waals surface area contributed by atoms with Crippen molar-refractivity contribution in [2.75, 3.05) is 7.11 Å². The summed E-state index contributed by atoms with van der Waals surface area (Å²) in [6, 6.07) is 4.25. The van der Waals surface area contributed by atoms with Gasteiger partial charge in [0.25, 0.3) is 0 Å². The Kier molecular flexibility index (Phi) is 3.59. The first-order valence-electron chi connectivity index (χ1n) is 4.22. The van der Waals surface area contributed by atoms with Crippen LogP contribution >= 0.6 is 11.6 Å². The summed E-state index contributed by atoms with van der Waals surface area (Å²) in [6.07, 6.45) is 0. The highest BCUT2D eigenvalue weighted by atomic mass is 35.5. The zero-order valence-electron chi connectivity index (χ0n) is 8.40. The molecule has 0 heterocycles. The van der Waals surface area contributed by atoms with Gasteiger partial charge in [0.15, 0.2) is 9.84 Å². The fourth-order valence-electron chi connectivity index (χ4n) is 1.04. The van der Waals surface area contributed by atoms with E-state index in [0.29, 0.717) is 5.75 Å². The normalized spacial score (nSPS) is 13.6. The number of ether oxygens (including phenoxy) is 1. The van der Waals surface area contributed by atoms with Gasteiger partial charge in [-0.15, -0.1) is 0 Å². The van der Waals surface area contributed by atoms with Crippen LogP contribution in [0, 0.1) is 0 Å². The average molecular weight is 250 g/mol. The van der Waals surface area contributed by atoms with E-state index >= 15 is 0 Å². The molecule has 0 amide bonds. The first-order valence-corrected chi connectivity index (χ1v) is 6.15. The SMILES string of the molecule is COc1ccc(S(=O)(=O)C(C)N)cc1Cl. The molecule has 84 valence electrons. The molecule has 0 fully saturated rings. The standard InChI is InChI=1S/C9H12ClNO3S/c1-6(11)15(12,13)7-3-4-9(14-2)8(10)5-7/h3-6H,11H2,1-2H3. The summed E-state index contributed by atoms with van der Waals surface area (Å²) in [6.45, 7) is 1.41. The molecule has 1 rings (SSSR count). The number of benzene rings is 1. The smallest absolute Gasteiger partial charge is 0.193 e. The van der Waals surface area contributed by atoms with E-state index in [9.17, 15) is 8.42 Å². The lowest BCUT2D eigenvalue weighted by atomic mass is 10.3. The molecular formula is C9H12ClNO3S. The van der Waals surface area contributed by atoms with Gasteiger partial charge in [-0.25, -0.2) is 8.42 Å². The quantitative estimate of drug-likeness (QED) is 0.880. The molecule has 2 N–H and O–H groups in total. The highest BCUT2D eigenvalue weighted by molar-refractivity contribution is 7.92. The van der Waals surface area contributed by atoms with Crippen LogP contribution in [0.5, 0.6) is 5.75 Å². The molecule has 0 saturated heterocycles. The van der Waals surface area contributed by atoms with Gasteiger partial charge in [0.2, 0.25) is 0 Å². The van der Waals surface area contributed by atoms with Crippen molar-refractivity contribution in [1.82, 2.24) is 0 Å². The first kappa shape index (κ1) is 12.3. The van der Waals surface area contributed by atoms with Crippen LogP contribution in [0.25, 0.3) is 0 Å². The molecule has 1 aromatic rings. The third-order valence-electron chi connectivity index (χ3n) is 1.94. The number of rotatable bonds is 3. The van der Waals surface area contributed by atoms with E-state index < -0.39 is 15.2 Å². The van der Waals surface area contributed by atoms with E-state index in [4.69, 9.17) is 22.1 Å². The van der Waals surface area contributed by atoms with E-state index in [1.807, 2.05) is 0 Å². The van der Waals surface area contributed by atoms with E-state index in [1.54, 1.807) is 0 Å². The Hall–Kier alpha value is -0.780. The largest absolute Gasteiger partial charge is 0.495 e. The fourth-order valence-corrected chi connectivity index (χ4v) is 2.33. The van der Waals surface area contributed by atoms with Gasteiger partial charge in [0, 0.05) is 0 Å². The summed E-state index contributed by atoms with van der Waals surface area (Å²) in [7, 11) is -2.03. The van der Waals surface area contributed by atoms with Gasteiger partial charge in [-0.3, -0.25) is 0 Å². The first-order chi connectivity index (χ1) is 6.89. The zero-order valence-corrected chi connectivity index (χ0v) is 9.97. The maximum absolute atomic E-state index is 11.7. The second kappa shape index (κ2) is 4.38. The lowest BCUT2D eigenvalue weighted by molar-refractivity contribution is 0.414. The molecule has 15 heavy (non-hydrogen) atoms. The van der Waals surface area contributed by atoms with Crippen molar-refractivity contribution < 1.29 is 13.2 Å². The number of hydrogen-bond donors (Lipinski definition) is 1. The highest BCUT2D eigenvalue weighted by Crippen LogP contribution is 2.27. The lowest BCUT2D eigenvalue weighted by Crippen LogP contribution is -2.26. The van der Waals surface area contributed by atoms with Gasteiger partial charge in [-0.05, 0) is 25.1 Å². The minimum atomic E-state index is -3.49. The predicted octanol–water partition coefficient (Wildman–Crippen LogP) is 1.43. The maximum Gasteiger partial charge on any atom is 0.193 e. The molecule has 0 aliphatic rings. The number of methoxy groups -OCH3 is 1. The maximum atomic E-state index is 11.7. The Morgan fingerprint density at radius 3 is 2.47 bits per heavy atom. The number of hydrogen-bond acceptors (Lipinski definition) is 4. The third-order valence-corrected chi connectivity index (χ3v) is 4.13. The van der Waals surface area contributed by atoms with Crippen LogP contribution in [0.3, 0.4) is 0 Å². The van der Waals surface area contributed by atoms with E-state index in [2.05, 4.69) is 0 Å². The van der Waals surface area contributed by atoms with E-state index in [-0.39, 0.29) is 9.92 Å². The molecule has 0 saturated carbocycles. The van der Waals surface area contributed by atoms with Crippen molar-refractivity contribution in [2.45, 2.75) is 17.2 Å². The second-order valence-electron chi connectivity index (χ2n) is 3.05. The Morgan fingerprint density at radius 2 is 2.07 bits per heavy atom. The van der Waals surface area contributed by atoms with Crippen LogP contribution in [0.2, 0.25) is 5.02 Å². The molecule has 6 heteroatoms. The zero-order chi connectivity index (χ0) is 11.6. The molecule has 0 aliphatic carbocycles. The van der Waals surface area contributed by atoms with Gasteiger partial charge < -0.3 is 10.5 Å². The summed E-state index contributed by atoms with van der Waals surface area (Å²) in [5.74, 6) is 0.431. The summed E-state index contributed by atoms with van der Waals surface area (Å²) in [4.78, 5) is 0.100. The Labute approximate surface area is 93.9 Å². The monoisotopic (exact) mass is 249 g/mol. The molecule has 4 nitrogen and oxygen atoms in total. The van der Waals surface area contributed by atoms with Crippen molar-refractivity contribution in [2.24, 2.45) is 5.73 Å². The van der Waals surface area contributed by atoms with Gasteiger partial charge >= 0.3 is 0 Å². The average Bonchev–Trinajstić information content (AvgIpc) is 2.17. The Bertz CT molecular complexity index is 456. The van der Waals surface area contributed by atoms with Crippen LogP contribution < -0.4 is 10.5 Å². The molecule has 1 atom stereocenters. The molecule has 1 aromatic carbocycles. The number of nitrogens with two attached hydrogens (primary N) is 1. The molecule has 0 bridgehead atoms. The van der Waals surface area contributed by atoms with Crippen molar-refractivity contribution in [1.29, 1.82) is 0 Å². The molecule has 0 aliphatic heterocycles. The summed E-state index contributed by atoms with van der Waals surface area (Å²) >= 11 is 5.81. The minimum Gasteiger partial charge on any atom is -0.495 e. The van der Waals surface area contributed by atoms with E-state index in [1.165, 1.54) is 32.2 Å². The van der Waals surface area contributed by atoms with Crippen molar-refractivity contribution in [3.63, 3.8) is 0 Å². The van der Waals surface area contributed by atoms with Crippen LogP contribution in [-0.4, -0.2) is 20.9 Å². The van der Waals surface area contributed by atoms with Gasteiger partial charge in [0.05, 0.1) is 17.0 Å².